The number of H-pyrrole nitrogens is 1. The molecule has 3 rings (SSSR count). The summed E-state index contributed by atoms with van der Waals surface area (Å²) in [5.74, 6) is 1.01. The Morgan fingerprint density at radius 1 is 1.32 bits per heavy atom. The number of rotatable bonds is 3. The monoisotopic (exact) mass is 384 g/mol. The van der Waals surface area contributed by atoms with Gasteiger partial charge in [-0.2, -0.15) is 0 Å². The molecule has 7 heteroatoms. The molecule has 2 aromatic rings. The van der Waals surface area contributed by atoms with Crippen LogP contribution in [0.3, 0.4) is 0 Å². The van der Waals surface area contributed by atoms with Gasteiger partial charge in [0.15, 0.2) is 11.5 Å². The summed E-state index contributed by atoms with van der Waals surface area (Å²) in [4.78, 5) is 14.9. The van der Waals surface area contributed by atoms with Gasteiger partial charge in [-0.15, -0.1) is 0 Å². The Hall–Kier alpha value is -1.66. The Morgan fingerprint density at radius 2 is 2.14 bits per heavy atom. The summed E-state index contributed by atoms with van der Waals surface area (Å²) in [6.07, 6.45) is 2.53. The van der Waals surface area contributed by atoms with E-state index in [2.05, 4.69) is 26.2 Å². The number of nitrogens with one attached hydrogen (secondary N) is 2. The molecule has 0 fully saturated rings. The fraction of sp³-hybridized carbons (Fsp3) is 0.267. The summed E-state index contributed by atoms with van der Waals surface area (Å²) >= 11 is 9.52. The minimum Gasteiger partial charge on any atom is -0.489 e. The van der Waals surface area contributed by atoms with E-state index in [-0.39, 0.29) is 5.91 Å². The van der Waals surface area contributed by atoms with Gasteiger partial charge in [0.25, 0.3) is 5.91 Å². The number of aromatic nitrogens is 1. The van der Waals surface area contributed by atoms with Crippen molar-refractivity contribution >= 4 is 33.4 Å². The van der Waals surface area contributed by atoms with Crippen LogP contribution in [0.15, 0.2) is 28.9 Å². The van der Waals surface area contributed by atoms with Crippen LogP contribution >= 0.6 is 27.5 Å². The highest BCUT2D eigenvalue weighted by Crippen LogP contribution is 2.37. The van der Waals surface area contributed by atoms with E-state index in [1.807, 2.05) is 6.07 Å². The molecule has 22 heavy (non-hydrogen) atoms. The zero-order valence-corrected chi connectivity index (χ0v) is 14.0. The number of ether oxygens (including phenoxy) is 2. The van der Waals surface area contributed by atoms with Crippen LogP contribution in [-0.2, 0) is 6.54 Å². The number of carbonyl (C=O) groups is 1. The van der Waals surface area contributed by atoms with Crippen LogP contribution in [0.4, 0.5) is 0 Å². The molecule has 1 amide bonds. The van der Waals surface area contributed by atoms with E-state index in [1.165, 1.54) is 0 Å². The first-order valence-electron chi connectivity index (χ1n) is 6.83. The van der Waals surface area contributed by atoms with Gasteiger partial charge >= 0.3 is 0 Å². The molecule has 116 valence electrons. The number of fused-ring (bicyclic) bond motifs is 1. The second kappa shape index (κ2) is 6.62. The topological polar surface area (TPSA) is 63.4 Å². The molecule has 1 aliphatic heterocycles. The molecule has 0 spiro atoms. The Bertz CT molecular complexity index is 702. The maximum atomic E-state index is 12.0. The van der Waals surface area contributed by atoms with Crippen LogP contribution < -0.4 is 14.8 Å². The molecule has 2 N–H and O–H groups in total. The maximum absolute atomic E-state index is 12.0. The first-order valence-corrected chi connectivity index (χ1v) is 8.01. The van der Waals surface area contributed by atoms with Crippen LogP contribution in [0.1, 0.15) is 22.5 Å². The summed E-state index contributed by atoms with van der Waals surface area (Å²) < 4.78 is 12.0. The van der Waals surface area contributed by atoms with E-state index in [0.717, 1.165) is 16.5 Å². The number of hydrogen-bond donors (Lipinski definition) is 2. The third-order valence-corrected chi connectivity index (χ3v) is 3.95. The van der Waals surface area contributed by atoms with Gasteiger partial charge in [-0.25, -0.2) is 0 Å². The number of aromatic amines is 1. The highest BCUT2D eigenvalue weighted by molar-refractivity contribution is 9.10. The van der Waals surface area contributed by atoms with Gasteiger partial charge in [0.05, 0.1) is 18.2 Å². The van der Waals surface area contributed by atoms with E-state index in [9.17, 15) is 4.79 Å². The summed E-state index contributed by atoms with van der Waals surface area (Å²) in [5.41, 5.74) is 1.35. The molecule has 1 aromatic carbocycles. The molecule has 2 heterocycles. The zero-order valence-electron chi connectivity index (χ0n) is 11.6. The summed E-state index contributed by atoms with van der Waals surface area (Å²) in [7, 11) is 0. The normalized spacial score (nSPS) is 13.5. The zero-order chi connectivity index (χ0) is 15.5. The van der Waals surface area contributed by atoms with Crippen LogP contribution in [0, 0.1) is 0 Å². The third kappa shape index (κ3) is 3.39. The van der Waals surface area contributed by atoms with Crippen molar-refractivity contribution < 1.29 is 14.3 Å². The predicted molar refractivity (Wildman–Crippen MR) is 86.7 cm³/mol. The number of amides is 1. The molecule has 0 unspecified atom stereocenters. The van der Waals surface area contributed by atoms with Crippen LogP contribution in [0.5, 0.6) is 11.5 Å². The standard InChI is InChI=1S/C15H14BrClN2O3/c16-10-6-12(18-8-10)15(20)19-7-9-4-11(17)14-13(5-9)21-2-1-3-22-14/h4-6,8,18H,1-3,7H2,(H,19,20). The molecule has 5 nitrogen and oxygen atoms in total. The van der Waals surface area contributed by atoms with Crippen molar-refractivity contribution in [2.24, 2.45) is 0 Å². The lowest BCUT2D eigenvalue weighted by molar-refractivity contribution is 0.0946. The second-order valence-electron chi connectivity index (χ2n) is 4.87. The van der Waals surface area contributed by atoms with Crippen molar-refractivity contribution in [2.45, 2.75) is 13.0 Å². The molecule has 0 saturated heterocycles. The van der Waals surface area contributed by atoms with Gasteiger partial charge in [-0.1, -0.05) is 11.6 Å². The lowest BCUT2D eigenvalue weighted by Gasteiger charge is -2.12. The minimum absolute atomic E-state index is 0.186. The fourth-order valence-corrected chi connectivity index (χ4v) is 2.79. The summed E-state index contributed by atoms with van der Waals surface area (Å²) in [6.45, 7) is 1.53. The van der Waals surface area contributed by atoms with Crippen molar-refractivity contribution in [1.82, 2.24) is 10.3 Å². The number of benzene rings is 1. The van der Waals surface area contributed by atoms with E-state index < -0.39 is 0 Å². The molecule has 1 aliphatic rings. The average molecular weight is 386 g/mol. The first kappa shape index (κ1) is 15.2. The molecule has 0 saturated carbocycles. The largest absolute Gasteiger partial charge is 0.489 e. The molecular weight excluding hydrogens is 372 g/mol. The predicted octanol–water partition coefficient (Wildman–Crippen LogP) is 3.52. The van der Waals surface area contributed by atoms with Gasteiger partial charge in [0, 0.05) is 23.6 Å². The van der Waals surface area contributed by atoms with Crippen LogP contribution in [0.2, 0.25) is 5.02 Å². The molecule has 1 aromatic heterocycles. The van der Waals surface area contributed by atoms with E-state index >= 15 is 0 Å². The number of carbonyl (C=O) groups excluding carboxylic acids is 1. The van der Waals surface area contributed by atoms with Gasteiger partial charge < -0.3 is 19.8 Å². The van der Waals surface area contributed by atoms with Crippen molar-refractivity contribution in [3.63, 3.8) is 0 Å². The summed E-state index contributed by atoms with van der Waals surface area (Å²) in [6, 6.07) is 5.34. The maximum Gasteiger partial charge on any atom is 0.267 e. The lowest BCUT2D eigenvalue weighted by atomic mass is 10.2. The van der Waals surface area contributed by atoms with Crippen molar-refractivity contribution in [3.05, 3.63) is 45.1 Å². The van der Waals surface area contributed by atoms with Crippen molar-refractivity contribution in [1.29, 1.82) is 0 Å². The van der Waals surface area contributed by atoms with Crippen LogP contribution in [-0.4, -0.2) is 24.1 Å². The average Bonchev–Trinajstić information content (AvgIpc) is 2.79. The molecule has 0 aliphatic carbocycles. The van der Waals surface area contributed by atoms with Gasteiger partial charge in [0.2, 0.25) is 0 Å². The highest BCUT2D eigenvalue weighted by Gasteiger charge is 2.16. The smallest absolute Gasteiger partial charge is 0.267 e. The molecular formula is C15H14BrClN2O3. The molecule has 0 bridgehead atoms. The Labute approximate surface area is 141 Å². The number of halogens is 2. The number of hydrogen-bond acceptors (Lipinski definition) is 3. The van der Waals surface area contributed by atoms with Gasteiger partial charge in [0.1, 0.15) is 5.69 Å². The van der Waals surface area contributed by atoms with E-state index in [0.29, 0.717) is 42.0 Å². The molecule has 0 atom stereocenters. The van der Waals surface area contributed by atoms with Crippen molar-refractivity contribution in [3.8, 4) is 11.5 Å². The second-order valence-corrected chi connectivity index (χ2v) is 6.19. The Morgan fingerprint density at radius 3 is 2.91 bits per heavy atom. The van der Waals surface area contributed by atoms with Crippen LogP contribution in [0.25, 0.3) is 0 Å². The van der Waals surface area contributed by atoms with E-state index in [4.69, 9.17) is 21.1 Å². The fourth-order valence-electron chi connectivity index (χ4n) is 2.16. The lowest BCUT2D eigenvalue weighted by Crippen LogP contribution is -2.23. The Kier molecular flexibility index (Phi) is 4.59. The van der Waals surface area contributed by atoms with Crippen molar-refractivity contribution in [2.75, 3.05) is 13.2 Å². The summed E-state index contributed by atoms with van der Waals surface area (Å²) in [5, 5.41) is 3.32. The Balaban J connectivity index is 1.71. The van der Waals surface area contributed by atoms with Gasteiger partial charge in [-0.05, 0) is 39.7 Å². The first-order chi connectivity index (χ1) is 10.6. The quantitative estimate of drug-likeness (QED) is 0.850. The van der Waals surface area contributed by atoms with Gasteiger partial charge in [-0.3, -0.25) is 4.79 Å². The highest BCUT2D eigenvalue weighted by atomic mass is 79.9. The molecule has 0 radical (unpaired) electrons. The minimum atomic E-state index is -0.186. The van der Waals surface area contributed by atoms with E-state index in [1.54, 1.807) is 18.3 Å². The SMILES string of the molecule is O=C(NCc1cc(Cl)c2c(c1)OCCCO2)c1cc(Br)c[nH]1. The third-order valence-electron chi connectivity index (χ3n) is 3.21.